The molecular formula is C22H24N2O6. The molecule has 0 unspecified atom stereocenters. The van der Waals surface area contributed by atoms with Crippen LogP contribution in [0.15, 0.2) is 40.7 Å². The van der Waals surface area contributed by atoms with E-state index in [0.717, 1.165) is 31.4 Å². The topological polar surface area (TPSA) is 119 Å². The predicted octanol–water partition coefficient (Wildman–Crippen LogP) is 3.75. The van der Waals surface area contributed by atoms with Crippen LogP contribution in [0.3, 0.4) is 0 Å². The van der Waals surface area contributed by atoms with E-state index in [9.17, 15) is 24.8 Å². The molecule has 0 bridgehead atoms. The van der Waals surface area contributed by atoms with Gasteiger partial charge in [0.15, 0.2) is 11.5 Å². The summed E-state index contributed by atoms with van der Waals surface area (Å²) in [6.45, 7) is 1.76. The number of hydrogen-bond donors (Lipinski definition) is 2. The number of ether oxygens (including phenoxy) is 1. The molecule has 0 amide bonds. The number of phenols is 1. The summed E-state index contributed by atoms with van der Waals surface area (Å²) < 4.78 is 5.74. The molecule has 8 nitrogen and oxygen atoms in total. The Labute approximate surface area is 173 Å². The Balaban J connectivity index is 1.81. The molecule has 2 aliphatic carbocycles. The van der Waals surface area contributed by atoms with Crippen molar-refractivity contribution in [2.45, 2.75) is 63.9 Å². The van der Waals surface area contributed by atoms with Gasteiger partial charge in [-0.3, -0.25) is 14.9 Å². The zero-order valence-electron chi connectivity index (χ0n) is 16.8. The quantitative estimate of drug-likeness (QED) is 0.439. The van der Waals surface area contributed by atoms with Crippen LogP contribution in [0.4, 0.5) is 5.69 Å². The Bertz CT molecular complexity index is 987. The minimum atomic E-state index is -0.762. The predicted molar refractivity (Wildman–Crippen MR) is 108 cm³/mol. The van der Waals surface area contributed by atoms with E-state index in [1.807, 2.05) is 0 Å². The molecule has 0 aromatic heterocycles. The third-order valence-electron chi connectivity index (χ3n) is 6.10. The van der Waals surface area contributed by atoms with E-state index < -0.39 is 28.2 Å². The van der Waals surface area contributed by atoms with E-state index in [1.54, 1.807) is 6.92 Å². The van der Waals surface area contributed by atoms with Gasteiger partial charge in [0.25, 0.3) is 0 Å². The maximum atomic E-state index is 13.2. The van der Waals surface area contributed by atoms with Crippen molar-refractivity contribution in [1.82, 2.24) is 5.32 Å². The van der Waals surface area contributed by atoms with Gasteiger partial charge in [0.05, 0.1) is 10.5 Å². The Morgan fingerprint density at radius 1 is 1.23 bits per heavy atom. The molecular weight excluding hydrogens is 388 g/mol. The molecule has 8 heteroatoms. The third kappa shape index (κ3) is 3.58. The minimum Gasteiger partial charge on any atom is -0.502 e. The van der Waals surface area contributed by atoms with Gasteiger partial charge in [-0.25, -0.2) is 4.79 Å². The van der Waals surface area contributed by atoms with Gasteiger partial charge in [-0.05, 0) is 57.1 Å². The number of Topliss-reactive ketones (excluding diaryl/α,β-unsaturated/α-hetero) is 1. The molecule has 158 valence electrons. The molecule has 1 aliphatic heterocycles. The van der Waals surface area contributed by atoms with Crippen molar-refractivity contribution in [1.29, 1.82) is 0 Å². The van der Waals surface area contributed by atoms with Gasteiger partial charge in [0.1, 0.15) is 6.10 Å². The molecule has 1 saturated carbocycles. The van der Waals surface area contributed by atoms with E-state index >= 15 is 0 Å². The highest BCUT2D eigenvalue weighted by Crippen LogP contribution is 2.44. The first-order valence-corrected chi connectivity index (χ1v) is 10.3. The number of nitro groups is 1. The van der Waals surface area contributed by atoms with Crippen LogP contribution < -0.4 is 5.32 Å². The summed E-state index contributed by atoms with van der Waals surface area (Å²) in [6, 6.07) is 4.01. The van der Waals surface area contributed by atoms with Gasteiger partial charge in [0, 0.05) is 35.4 Å². The Morgan fingerprint density at radius 2 is 1.97 bits per heavy atom. The number of hydrogen-bond acceptors (Lipinski definition) is 7. The highest BCUT2D eigenvalue weighted by Gasteiger charge is 2.40. The number of benzene rings is 1. The van der Waals surface area contributed by atoms with E-state index in [1.165, 1.54) is 18.2 Å². The number of nitrogens with one attached hydrogen (secondary N) is 1. The number of allylic oxidation sites excluding steroid dienone is 3. The fourth-order valence-corrected chi connectivity index (χ4v) is 4.67. The lowest BCUT2D eigenvalue weighted by Gasteiger charge is -2.34. The largest absolute Gasteiger partial charge is 0.502 e. The van der Waals surface area contributed by atoms with Crippen LogP contribution in [0, 0.1) is 10.1 Å². The maximum Gasteiger partial charge on any atom is 0.337 e. The summed E-state index contributed by atoms with van der Waals surface area (Å²) in [5.74, 6) is -1.81. The molecule has 1 fully saturated rings. The maximum absolute atomic E-state index is 13.2. The molecule has 1 atom stereocenters. The summed E-state index contributed by atoms with van der Waals surface area (Å²) in [5, 5.41) is 24.4. The fourth-order valence-electron chi connectivity index (χ4n) is 4.67. The number of dihydropyridines is 1. The Morgan fingerprint density at radius 3 is 2.67 bits per heavy atom. The molecule has 0 saturated heterocycles. The van der Waals surface area contributed by atoms with Crippen LogP contribution in [0.25, 0.3) is 0 Å². The first-order chi connectivity index (χ1) is 14.4. The van der Waals surface area contributed by atoms with Crippen LogP contribution in [0.2, 0.25) is 0 Å². The smallest absolute Gasteiger partial charge is 0.337 e. The molecule has 0 spiro atoms. The van der Waals surface area contributed by atoms with Gasteiger partial charge in [-0.2, -0.15) is 0 Å². The third-order valence-corrected chi connectivity index (χ3v) is 6.10. The standard InChI is InChI=1S/C22H24N2O6/c1-12-19(22(27)30-14-5-2-3-6-14)20(21-15(23-12)7-4-8-18(21)26)13-9-10-17(25)16(11-13)24(28)29/h9-11,14,20,23,25H,2-8H2,1H3/t20-/m0/s1. The summed E-state index contributed by atoms with van der Waals surface area (Å²) in [7, 11) is 0. The zero-order valence-corrected chi connectivity index (χ0v) is 16.8. The number of phenolic OH excluding ortho intramolecular Hbond substituents is 1. The van der Waals surface area contributed by atoms with Gasteiger partial charge in [0.2, 0.25) is 0 Å². The van der Waals surface area contributed by atoms with Crippen molar-refractivity contribution in [2.24, 2.45) is 0 Å². The lowest BCUT2D eigenvalue weighted by atomic mass is 9.75. The van der Waals surface area contributed by atoms with Gasteiger partial charge >= 0.3 is 11.7 Å². The number of ketones is 1. The Kier molecular flexibility index (Phi) is 5.32. The molecule has 1 heterocycles. The van der Waals surface area contributed by atoms with Crippen LogP contribution >= 0.6 is 0 Å². The molecule has 1 aromatic carbocycles. The number of aromatic hydroxyl groups is 1. The fraction of sp³-hybridized carbons (Fsp3) is 0.455. The average Bonchev–Trinajstić information content (AvgIpc) is 3.20. The molecule has 30 heavy (non-hydrogen) atoms. The molecule has 0 radical (unpaired) electrons. The number of carbonyl (C=O) groups is 2. The summed E-state index contributed by atoms with van der Waals surface area (Å²) >= 11 is 0. The van der Waals surface area contributed by atoms with E-state index in [2.05, 4.69) is 5.32 Å². The monoisotopic (exact) mass is 412 g/mol. The van der Waals surface area contributed by atoms with E-state index in [0.29, 0.717) is 41.7 Å². The summed E-state index contributed by atoms with van der Waals surface area (Å²) in [4.78, 5) is 36.7. The molecule has 4 rings (SSSR count). The highest BCUT2D eigenvalue weighted by atomic mass is 16.6. The van der Waals surface area contributed by atoms with Crippen molar-refractivity contribution in [2.75, 3.05) is 0 Å². The van der Waals surface area contributed by atoms with Gasteiger partial charge in [-0.1, -0.05) is 6.07 Å². The second-order valence-corrected chi connectivity index (χ2v) is 8.08. The average molecular weight is 412 g/mol. The molecule has 2 N–H and O–H groups in total. The van der Waals surface area contributed by atoms with Crippen LogP contribution in [0.1, 0.15) is 63.4 Å². The number of rotatable bonds is 4. The Hall–Kier alpha value is -3.16. The number of nitrogens with zero attached hydrogens (tertiary/aromatic N) is 1. The van der Waals surface area contributed by atoms with Crippen molar-refractivity contribution < 1.29 is 24.4 Å². The zero-order chi connectivity index (χ0) is 21.4. The molecule has 1 aromatic rings. The van der Waals surface area contributed by atoms with Crippen molar-refractivity contribution in [3.8, 4) is 5.75 Å². The first kappa shape index (κ1) is 20.1. The summed E-state index contributed by atoms with van der Waals surface area (Å²) in [5.41, 5.74) is 2.06. The number of nitro benzene ring substituents is 1. The van der Waals surface area contributed by atoms with Crippen LogP contribution in [-0.2, 0) is 14.3 Å². The second-order valence-electron chi connectivity index (χ2n) is 8.08. The van der Waals surface area contributed by atoms with Crippen LogP contribution in [-0.4, -0.2) is 27.9 Å². The van der Waals surface area contributed by atoms with Crippen molar-refractivity contribution in [3.05, 3.63) is 56.4 Å². The summed E-state index contributed by atoms with van der Waals surface area (Å²) in [6.07, 6.45) is 5.24. The van der Waals surface area contributed by atoms with Crippen molar-refractivity contribution >= 4 is 17.4 Å². The molecule has 3 aliphatic rings. The lowest BCUT2D eigenvalue weighted by molar-refractivity contribution is -0.385. The first-order valence-electron chi connectivity index (χ1n) is 10.3. The van der Waals surface area contributed by atoms with Crippen LogP contribution in [0.5, 0.6) is 5.75 Å². The highest BCUT2D eigenvalue weighted by molar-refractivity contribution is 6.03. The minimum absolute atomic E-state index is 0.0804. The second kappa shape index (κ2) is 7.93. The SMILES string of the molecule is CC1=C(C(=O)OC2CCCC2)[C@H](c2ccc(O)c([N+](=O)[O-])c2)C2=C(CCCC2=O)N1. The van der Waals surface area contributed by atoms with Gasteiger partial charge < -0.3 is 15.2 Å². The van der Waals surface area contributed by atoms with Gasteiger partial charge in [-0.15, -0.1) is 0 Å². The normalized spacial score (nSPS) is 22.0. The van der Waals surface area contributed by atoms with E-state index in [4.69, 9.17) is 4.74 Å². The lowest BCUT2D eigenvalue weighted by Crippen LogP contribution is -2.35. The van der Waals surface area contributed by atoms with Crippen molar-refractivity contribution in [3.63, 3.8) is 0 Å². The number of carbonyl (C=O) groups excluding carboxylic acids is 2. The number of esters is 1. The van der Waals surface area contributed by atoms with E-state index in [-0.39, 0.29) is 11.9 Å².